The van der Waals surface area contributed by atoms with Gasteiger partial charge in [0.15, 0.2) is 0 Å². The zero-order chi connectivity index (χ0) is 12.3. The first-order valence-electron chi connectivity index (χ1n) is 5.80. The molecule has 1 aromatic heterocycles. The Kier molecular flexibility index (Phi) is 4.12. The van der Waals surface area contributed by atoms with E-state index in [-0.39, 0.29) is 5.91 Å². The molecule has 1 aliphatic heterocycles. The van der Waals surface area contributed by atoms with Crippen molar-refractivity contribution in [3.8, 4) is 0 Å². The van der Waals surface area contributed by atoms with Crippen LogP contribution in [0.1, 0.15) is 23.2 Å². The van der Waals surface area contributed by atoms with Crippen LogP contribution in [-0.4, -0.2) is 35.4 Å². The summed E-state index contributed by atoms with van der Waals surface area (Å²) in [6.45, 7) is 2.32. The number of hydrogen-bond donors (Lipinski definition) is 1. The Bertz CT molecular complexity index is 402. The Morgan fingerprint density at radius 1 is 1.47 bits per heavy atom. The van der Waals surface area contributed by atoms with E-state index in [0.29, 0.717) is 11.5 Å². The third-order valence-electron chi connectivity index (χ3n) is 3.19. The summed E-state index contributed by atoms with van der Waals surface area (Å²) >= 11 is 3.33. The number of halogens is 1. The number of nitrogens with two attached hydrogens (primary N) is 1. The van der Waals surface area contributed by atoms with Gasteiger partial charge in [-0.2, -0.15) is 0 Å². The highest BCUT2D eigenvalue weighted by molar-refractivity contribution is 9.10. The van der Waals surface area contributed by atoms with Crippen molar-refractivity contribution in [3.63, 3.8) is 0 Å². The molecule has 0 aromatic carbocycles. The minimum atomic E-state index is 0.0641. The lowest BCUT2D eigenvalue weighted by molar-refractivity contribution is 0.0693. The fourth-order valence-corrected chi connectivity index (χ4v) is 2.45. The number of carbonyl (C=O) groups excluding carboxylic acids is 1. The maximum atomic E-state index is 12.2. The molecule has 0 unspecified atom stereocenters. The summed E-state index contributed by atoms with van der Waals surface area (Å²) in [4.78, 5) is 18.1. The second-order valence-electron chi connectivity index (χ2n) is 4.36. The van der Waals surface area contributed by atoms with Crippen molar-refractivity contribution in [1.29, 1.82) is 0 Å². The Morgan fingerprint density at radius 3 is 2.76 bits per heavy atom. The van der Waals surface area contributed by atoms with Crippen LogP contribution in [0.5, 0.6) is 0 Å². The topological polar surface area (TPSA) is 59.2 Å². The highest BCUT2D eigenvalue weighted by Crippen LogP contribution is 2.18. The van der Waals surface area contributed by atoms with Crippen molar-refractivity contribution in [1.82, 2.24) is 9.88 Å². The molecule has 0 radical (unpaired) electrons. The first-order valence-corrected chi connectivity index (χ1v) is 6.60. The molecule has 2 heterocycles. The van der Waals surface area contributed by atoms with Crippen LogP contribution in [0.4, 0.5) is 0 Å². The van der Waals surface area contributed by atoms with Gasteiger partial charge in [-0.15, -0.1) is 0 Å². The Labute approximate surface area is 109 Å². The molecule has 0 aliphatic carbocycles. The van der Waals surface area contributed by atoms with Crippen LogP contribution < -0.4 is 5.73 Å². The first kappa shape index (κ1) is 12.5. The second kappa shape index (κ2) is 5.60. The second-order valence-corrected chi connectivity index (χ2v) is 5.28. The molecule has 0 spiro atoms. The third kappa shape index (κ3) is 3.04. The molecule has 17 heavy (non-hydrogen) atoms. The number of carbonyl (C=O) groups is 1. The van der Waals surface area contributed by atoms with Gasteiger partial charge in [0, 0.05) is 30.0 Å². The Balaban J connectivity index is 2.02. The molecule has 1 aliphatic rings. The molecular weight excluding hydrogens is 282 g/mol. The van der Waals surface area contributed by atoms with Gasteiger partial charge in [0.2, 0.25) is 0 Å². The predicted molar refractivity (Wildman–Crippen MR) is 69.6 cm³/mol. The van der Waals surface area contributed by atoms with E-state index in [0.717, 1.165) is 36.9 Å². The fourth-order valence-electron chi connectivity index (χ4n) is 2.08. The number of likely N-dealkylation sites (tertiary alicyclic amines) is 1. The summed E-state index contributed by atoms with van der Waals surface area (Å²) in [6, 6.07) is 1.81. The number of hydrogen-bond acceptors (Lipinski definition) is 3. The monoisotopic (exact) mass is 297 g/mol. The summed E-state index contributed by atoms with van der Waals surface area (Å²) in [5.41, 5.74) is 6.28. The standard InChI is InChI=1S/C12H16BrN3O/c13-11-5-10(7-15-8-11)12(17)16-3-1-9(6-14)2-4-16/h5,7-9H,1-4,6,14H2. The zero-order valence-corrected chi connectivity index (χ0v) is 11.2. The lowest BCUT2D eigenvalue weighted by Gasteiger charge is -2.31. The van der Waals surface area contributed by atoms with Gasteiger partial charge in [0.1, 0.15) is 0 Å². The average molecular weight is 298 g/mol. The van der Waals surface area contributed by atoms with Crippen molar-refractivity contribution in [2.45, 2.75) is 12.8 Å². The van der Waals surface area contributed by atoms with E-state index in [1.54, 1.807) is 12.4 Å². The molecule has 1 saturated heterocycles. The number of aromatic nitrogens is 1. The summed E-state index contributed by atoms with van der Waals surface area (Å²) in [6.07, 6.45) is 5.30. The van der Waals surface area contributed by atoms with Crippen LogP contribution >= 0.6 is 15.9 Å². The van der Waals surface area contributed by atoms with Gasteiger partial charge in [-0.25, -0.2) is 0 Å². The summed E-state index contributed by atoms with van der Waals surface area (Å²) in [5.74, 6) is 0.633. The molecule has 2 rings (SSSR count). The lowest BCUT2D eigenvalue weighted by atomic mass is 9.97. The SMILES string of the molecule is NCC1CCN(C(=O)c2cncc(Br)c2)CC1. The molecule has 5 heteroatoms. The minimum absolute atomic E-state index is 0.0641. The van der Waals surface area contributed by atoms with Gasteiger partial charge in [-0.05, 0) is 47.3 Å². The highest BCUT2D eigenvalue weighted by Gasteiger charge is 2.22. The van der Waals surface area contributed by atoms with Crippen molar-refractivity contribution in [2.24, 2.45) is 11.7 Å². The largest absolute Gasteiger partial charge is 0.339 e. The summed E-state index contributed by atoms with van der Waals surface area (Å²) in [5, 5.41) is 0. The van der Waals surface area contributed by atoms with E-state index < -0.39 is 0 Å². The van der Waals surface area contributed by atoms with E-state index in [9.17, 15) is 4.79 Å². The molecule has 0 atom stereocenters. The average Bonchev–Trinajstić information content (AvgIpc) is 2.38. The molecule has 0 bridgehead atoms. The number of piperidine rings is 1. The van der Waals surface area contributed by atoms with Crippen LogP contribution in [0.25, 0.3) is 0 Å². The summed E-state index contributed by atoms with van der Waals surface area (Å²) in [7, 11) is 0. The van der Waals surface area contributed by atoms with Crippen LogP contribution in [-0.2, 0) is 0 Å². The molecule has 0 saturated carbocycles. The quantitative estimate of drug-likeness (QED) is 0.903. The summed E-state index contributed by atoms with van der Waals surface area (Å²) < 4.78 is 0.834. The number of amides is 1. The highest BCUT2D eigenvalue weighted by atomic mass is 79.9. The van der Waals surface area contributed by atoms with E-state index in [1.165, 1.54) is 0 Å². The van der Waals surface area contributed by atoms with E-state index in [2.05, 4.69) is 20.9 Å². The molecule has 1 fully saturated rings. The van der Waals surface area contributed by atoms with Crippen molar-refractivity contribution < 1.29 is 4.79 Å². The molecule has 1 aromatic rings. The van der Waals surface area contributed by atoms with Gasteiger partial charge in [0.25, 0.3) is 5.91 Å². The smallest absolute Gasteiger partial charge is 0.255 e. The van der Waals surface area contributed by atoms with Gasteiger partial charge < -0.3 is 10.6 Å². The van der Waals surface area contributed by atoms with Gasteiger partial charge >= 0.3 is 0 Å². The van der Waals surface area contributed by atoms with Crippen LogP contribution in [0.15, 0.2) is 22.9 Å². The Hall–Kier alpha value is -0.940. The van der Waals surface area contributed by atoms with Crippen LogP contribution in [0.2, 0.25) is 0 Å². The van der Waals surface area contributed by atoms with Crippen LogP contribution in [0, 0.1) is 5.92 Å². The molecule has 2 N–H and O–H groups in total. The number of rotatable bonds is 2. The molecular formula is C12H16BrN3O. The van der Waals surface area contributed by atoms with Crippen molar-refractivity contribution >= 4 is 21.8 Å². The van der Waals surface area contributed by atoms with Gasteiger partial charge in [-0.1, -0.05) is 0 Å². The maximum absolute atomic E-state index is 12.2. The fraction of sp³-hybridized carbons (Fsp3) is 0.500. The zero-order valence-electron chi connectivity index (χ0n) is 9.60. The van der Waals surface area contributed by atoms with E-state index in [4.69, 9.17) is 5.73 Å². The first-order chi connectivity index (χ1) is 8.20. The molecule has 92 valence electrons. The van der Waals surface area contributed by atoms with E-state index in [1.807, 2.05) is 11.0 Å². The predicted octanol–water partition coefficient (Wildman–Crippen LogP) is 1.65. The van der Waals surface area contributed by atoms with E-state index >= 15 is 0 Å². The van der Waals surface area contributed by atoms with Crippen molar-refractivity contribution in [3.05, 3.63) is 28.5 Å². The van der Waals surface area contributed by atoms with Gasteiger partial charge in [0.05, 0.1) is 5.56 Å². The molecule has 4 nitrogen and oxygen atoms in total. The minimum Gasteiger partial charge on any atom is -0.339 e. The maximum Gasteiger partial charge on any atom is 0.255 e. The van der Waals surface area contributed by atoms with Crippen molar-refractivity contribution in [2.75, 3.05) is 19.6 Å². The Morgan fingerprint density at radius 2 is 2.18 bits per heavy atom. The van der Waals surface area contributed by atoms with Gasteiger partial charge in [-0.3, -0.25) is 9.78 Å². The van der Waals surface area contributed by atoms with Crippen LogP contribution in [0.3, 0.4) is 0 Å². The normalized spacial score (nSPS) is 17.2. The lowest BCUT2D eigenvalue weighted by Crippen LogP contribution is -2.40. The number of pyridine rings is 1. The molecule has 1 amide bonds. The number of nitrogens with zero attached hydrogens (tertiary/aromatic N) is 2. The third-order valence-corrected chi connectivity index (χ3v) is 3.62.